The molecule has 1 aliphatic heterocycles. The Balaban J connectivity index is 0.000000607. The van der Waals surface area contributed by atoms with Crippen LogP contribution < -0.4 is 0 Å². The third kappa shape index (κ3) is 43.7. The van der Waals surface area contributed by atoms with Crippen molar-refractivity contribution in [1.82, 2.24) is 0 Å². The zero-order valence-electron chi connectivity index (χ0n) is 59.0. The first-order valence-corrected chi connectivity index (χ1v) is 40.5. The Morgan fingerprint density at radius 3 is 0.860 bits per heavy atom. The van der Waals surface area contributed by atoms with E-state index in [9.17, 15) is 5.53 Å². The van der Waals surface area contributed by atoms with Gasteiger partial charge in [0, 0.05) is 22.3 Å². The smallest absolute Gasteiger partial charge is 0.0654 e. The second-order valence-electron chi connectivity index (χ2n) is 27.2. The van der Waals surface area contributed by atoms with Crippen molar-refractivity contribution in [2.75, 3.05) is 0 Å². The molecule has 2 nitrogen and oxygen atoms in total. The van der Waals surface area contributed by atoms with Crippen LogP contribution in [0.15, 0.2) is 59.7 Å². The van der Waals surface area contributed by atoms with E-state index >= 15 is 0 Å². The average molecular weight is 1230 g/mol. The number of allylic oxidation sites excluding steroid dienone is 2. The Morgan fingerprint density at radius 2 is 0.523 bits per heavy atom. The van der Waals surface area contributed by atoms with Crippen molar-refractivity contribution in [1.29, 1.82) is 0 Å². The van der Waals surface area contributed by atoms with Crippen LogP contribution in [-0.2, 0) is 27.3 Å². The molecule has 2 aromatic rings. The molecule has 0 spiro atoms. The van der Waals surface area contributed by atoms with Gasteiger partial charge in [0.25, 0.3) is 0 Å². The number of aryl methyl sites for hydroxylation is 2. The van der Waals surface area contributed by atoms with E-state index in [0.717, 1.165) is 48.2 Å². The Hall–Kier alpha value is -1.99. The Morgan fingerprint density at radius 1 is 0.256 bits per heavy atom. The molecule has 2 aromatic carbocycles. The Bertz CT molecular complexity index is 1790. The molecule has 0 aliphatic carbocycles. The van der Waals surface area contributed by atoms with Crippen LogP contribution in [0.3, 0.4) is 0 Å². The number of benzene rings is 2. The van der Waals surface area contributed by atoms with Gasteiger partial charge in [0.15, 0.2) is 0 Å². The number of unbranched alkanes of at least 4 members (excludes halogenated alkanes) is 49. The third-order valence-corrected chi connectivity index (χ3v) is 20.3. The monoisotopic (exact) mass is 1230 g/mol. The summed E-state index contributed by atoms with van der Waals surface area (Å²) in [5.74, 6) is 0. The molecule has 500 valence electrons. The van der Waals surface area contributed by atoms with Crippen molar-refractivity contribution in [2.45, 2.75) is 431 Å². The standard InChI is InChI=1S/C35H50N2.2C24H49.Ni/c1-5-9-13-15-22-32-33(21-14-10-6-2)35(31-20-16-19-29(27-31)18-12-8-4)37(36)34(32)30-25-23-28(24-26-30)17-11-7-3;2*1-3-5-7-9-11-13-15-17-19-21-23-24-22-20-18-16-14-12-10-8-6-4-2;/h16,19-20,23-27H,5-15,17-18,21-22H2,1-4H3;2*1,3-24H2,2H3;. The van der Waals surface area contributed by atoms with E-state index in [2.05, 4.69) is 105 Å². The molecule has 0 radical (unpaired) electrons. The fraction of sp³-hybridized carbons (Fsp3) is 0.807. The Labute approximate surface area is 545 Å². The maximum atomic E-state index is 11.9. The molecule has 3 rings (SSSR count). The predicted octanol–water partition coefficient (Wildman–Crippen LogP) is 30.2. The Kier molecular flexibility index (Phi) is 57.6. The number of hydrogen-bond donors (Lipinski definition) is 0. The molecular weight excluding hydrogens is 1080 g/mol. The summed E-state index contributed by atoms with van der Waals surface area (Å²) >= 11 is 2.05. The SMILES string of the molecule is CCCCCCC1=C(c2ccc(CCCC)cc2)[N+](=[N-])C(c2cccc(CCCC)c2)=C1CCCCC.CCCCCCCCCCCCCCCCCCCCCCC[CH2][Ni][CH2]CCCCCCCCCCCCCCCCCCCCCCC. The normalized spacial score (nSPS) is 12.6. The first-order valence-electron chi connectivity index (χ1n) is 39.1. The fourth-order valence-corrected chi connectivity index (χ4v) is 14.4. The predicted molar refractivity (Wildman–Crippen MR) is 385 cm³/mol. The zero-order valence-corrected chi connectivity index (χ0v) is 60.0. The van der Waals surface area contributed by atoms with E-state index < -0.39 is 0 Å². The first kappa shape index (κ1) is 80.1. The number of rotatable bonds is 63. The van der Waals surface area contributed by atoms with Crippen LogP contribution in [0, 0.1) is 0 Å². The molecule has 0 N–H and O–H groups in total. The van der Waals surface area contributed by atoms with Gasteiger partial charge in [-0.1, -0.05) is 252 Å². The molecule has 0 amide bonds. The van der Waals surface area contributed by atoms with Gasteiger partial charge in [-0.2, -0.15) is 0 Å². The summed E-state index contributed by atoms with van der Waals surface area (Å²) in [6, 6.07) is 17.9. The molecule has 0 saturated heterocycles. The number of nitrogens with zero attached hydrogens (tertiary/aromatic N) is 2. The van der Waals surface area contributed by atoms with Crippen molar-refractivity contribution in [3.63, 3.8) is 0 Å². The van der Waals surface area contributed by atoms with Crippen LogP contribution in [0.4, 0.5) is 0 Å². The van der Waals surface area contributed by atoms with Crippen molar-refractivity contribution in [3.8, 4) is 0 Å². The topological polar surface area (TPSA) is 25.3 Å². The summed E-state index contributed by atoms with van der Waals surface area (Å²) in [4.78, 5) is 0. The van der Waals surface area contributed by atoms with E-state index in [1.165, 1.54) is 386 Å². The molecule has 0 bridgehead atoms. The third-order valence-electron chi connectivity index (χ3n) is 18.9. The van der Waals surface area contributed by atoms with Crippen molar-refractivity contribution in [3.05, 3.63) is 87.5 Å². The second-order valence-corrected chi connectivity index (χ2v) is 28.6. The minimum atomic E-state index is 1.01. The van der Waals surface area contributed by atoms with Crippen molar-refractivity contribution < 1.29 is 19.1 Å². The van der Waals surface area contributed by atoms with Gasteiger partial charge in [0.2, 0.25) is 11.4 Å². The summed E-state index contributed by atoms with van der Waals surface area (Å²) < 4.78 is 1.55. The molecule has 1 heterocycles. The molecule has 0 aromatic heterocycles. The molecule has 0 unspecified atom stereocenters. The quantitative estimate of drug-likeness (QED) is 0.0358. The summed E-state index contributed by atoms with van der Waals surface area (Å²) in [5.41, 5.74) is 21.7. The van der Waals surface area contributed by atoms with E-state index in [1.54, 1.807) is 4.70 Å². The molecular formula is C83H148N2Ni. The van der Waals surface area contributed by atoms with Gasteiger partial charge in [-0.05, 0) is 86.8 Å². The summed E-state index contributed by atoms with van der Waals surface area (Å²) in [6.07, 6.45) is 82.9. The van der Waals surface area contributed by atoms with E-state index in [0.29, 0.717) is 0 Å². The van der Waals surface area contributed by atoms with Gasteiger partial charge in [-0.25, -0.2) is 4.70 Å². The van der Waals surface area contributed by atoms with Gasteiger partial charge in [-0.15, -0.1) is 0 Å². The first-order chi connectivity index (χ1) is 42.6. The van der Waals surface area contributed by atoms with Crippen LogP contribution in [0.2, 0.25) is 10.8 Å². The van der Waals surface area contributed by atoms with Gasteiger partial charge in [0.05, 0.1) is 0 Å². The van der Waals surface area contributed by atoms with Gasteiger partial charge >= 0.3 is 166 Å². The second kappa shape index (κ2) is 61.9. The van der Waals surface area contributed by atoms with E-state index in [1.807, 2.05) is 0 Å². The summed E-state index contributed by atoms with van der Waals surface area (Å²) in [5, 5.41) is 2.87. The molecule has 1 aliphatic rings. The van der Waals surface area contributed by atoms with Crippen molar-refractivity contribution >= 4 is 11.4 Å². The van der Waals surface area contributed by atoms with Gasteiger partial charge in [0.1, 0.15) is 0 Å². The van der Waals surface area contributed by atoms with Crippen molar-refractivity contribution in [2.24, 2.45) is 0 Å². The van der Waals surface area contributed by atoms with Crippen LogP contribution in [0.1, 0.15) is 430 Å². The molecule has 86 heavy (non-hydrogen) atoms. The van der Waals surface area contributed by atoms with Crippen LogP contribution >= 0.6 is 0 Å². The van der Waals surface area contributed by atoms with E-state index in [-0.39, 0.29) is 0 Å². The number of hydrogen-bond acceptors (Lipinski definition) is 0. The van der Waals surface area contributed by atoms with Crippen LogP contribution in [0.5, 0.6) is 0 Å². The van der Waals surface area contributed by atoms with Gasteiger partial charge < -0.3 is 5.53 Å². The van der Waals surface area contributed by atoms with Gasteiger partial charge in [-0.3, -0.25) is 0 Å². The fourth-order valence-electron chi connectivity index (χ4n) is 13.1. The molecule has 0 fully saturated rings. The average Bonchev–Trinajstić information content (AvgIpc) is 2.39. The maximum absolute atomic E-state index is 11.9. The van der Waals surface area contributed by atoms with Crippen LogP contribution in [-0.4, -0.2) is 4.70 Å². The zero-order chi connectivity index (χ0) is 61.7. The minimum absolute atomic E-state index is 1.01. The van der Waals surface area contributed by atoms with Crippen LogP contribution in [0.25, 0.3) is 16.9 Å². The summed E-state index contributed by atoms with van der Waals surface area (Å²) in [6.45, 7) is 13.7. The minimum Gasteiger partial charge on any atom is -0.0654 e. The molecule has 0 atom stereocenters. The molecule has 3 heteroatoms. The summed E-state index contributed by atoms with van der Waals surface area (Å²) in [7, 11) is 0. The van der Waals surface area contributed by atoms with E-state index in [4.69, 9.17) is 0 Å². The molecule has 0 saturated carbocycles.